The number of pyridine rings is 1. The van der Waals surface area contributed by atoms with E-state index in [1.807, 2.05) is 48.5 Å². The Bertz CT molecular complexity index is 884. The zero-order chi connectivity index (χ0) is 19.8. The fourth-order valence-corrected chi connectivity index (χ4v) is 4.58. The lowest BCUT2D eigenvalue weighted by Gasteiger charge is -2.53. The van der Waals surface area contributed by atoms with Crippen LogP contribution in [0.2, 0.25) is 0 Å². The Balaban J connectivity index is 1.14. The van der Waals surface area contributed by atoms with Gasteiger partial charge in [-0.2, -0.15) is 0 Å². The monoisotopic (exact) mass is 394 g/mol. The molecule has 3 aliphatic rings. The molecule has 5 rings (SSSR count). The van der Waals surface area contributed by atoms with Crippen LogP contribution in [0.3, 0.4) is 0 Å². The number of hydrogen-bond acceptors (Lipinski definition) is 5. The van der Waals surface area contributed by atoms with E-state index in [4.69, 9.17) is 14.2 Å². The van der Waals surface area contributed by atoms with Gasteiger partial charge in [0.05, 0.1) is 25.8 Å². The molecule has 2 saturated heterocycles. The first-order valence-corrected chi connectivity index (χ1v) is 10.3. The molecule has 0 aliphatic carbocycles. The highest BCUT2D eigenvalue weighted by Crippen LogP contribution is 2.37. The van der Waals surface area contributed by atoms with Crippen molar-refractivity contribution in [3.8, 4) is 5.75 Å². The molecular formula is C23H26N2O4. The number of carbonyl (C=O) groups is 1. The third kappa shape index (κ3) is 3.74. The van der Waals surface area contributed by atoms with Gasteiger partial charge in [0.2, 0.25) is 0 Å². The van der Waals surface area contributed by atoms with Crippen molar-refractivity contribution < 1.29 is 19.0 Å². The Hall–Kier alpha value is -2.44. The molecule has 1 amide bonds. The van der Waals surface area contributed by atoms with Crippen molar-refractivity contribution in [2.24, 2.45) is 0 Å². The van der Waals surface area contributed by atoms with Gasteiger partial charge in [0.1, 0.15) is 11.4 Å². The van der Waals surface area contributed by atoms with Crippen molar-refractivity contribution >= 4 is 5.91 Å². The van der Waals surface area contributed by atoms with Crippen LogP contribution in [0.5, 0.6) is 5.75 Å². The second-order valence-corrected chi connectivity index (χ2v) is 8.44. The molecule has 0 unspecified atom stereocenters. The van der Waals surface area contributed by atoms with Crippen molar-refractivity contribution in [3.63, 3.8) is 0 Å². The minimum absolute atomic E-state index is 0.0595. The molecule has 1 aromatic carbocycles. The summed E-state index contributed by atoms with van der Waals surface area (Å²) in [6.45, 7) is 4.50. The smallest absolute Gasteiger partial charge is 0.264 e. The lowest BCUT2D eigenvalue weighted by molar-refractivity contribution is -0.205. The molecule has 2 aromatic rings. The molecule has 6 nitrogen and oxygen atoms in total. The standard InChI is InChI=1S/C23H26N2O4/c1-16-8-17(12-24-11-16)13-27-19-6-7-28-23(10-19)14-25(15-23)22(26)21-9-18-4-2-3-5-20(18)29-21/h2-5,8,11-12,19,21H,6-7,9-10,13-15H2,1H3/t19-,21-/m0/s1. The number of rotatable bonds is 4. The average Bonchev–Trinajstić information content (AvgIpc) is 3.14. The number of ether oxygens (including phenoxy) is 3. The van der Waals surface area contributed by atoms with Gasteiger partial charge in [-0.15, -0.1) is 0 Å². The fraction of sp³-hybridized carbons (Fsp3) is 0.478. The summed E-state index contributed by atoms with van der Waals surface area (Å²) >= 11 is 0. The summed E-state index contributed by atoms with van der Waals surface area (Å²) in [5.41, 5.74) is 3.07. The summed E-state index contributed by atoms with van der Waals surface area (Å²) in [6, 6.07) is 9.97. The van der Waals surface area contributed by atoms with E-state index in [9.17, 15) is 4.79 Å². The molecule has 152 valence electrons. The number of fused-ring (bicyclic) bond motifs is 1. The van der Waals surface area contributed by atoms with E-state index < -0.39 is 6.10 Å². The number of aromatic nitrogens is 1. The third-order valence-corrected chi connectivity index (χ3v) is 6.06. The highest BCUT2D eigenvalue weighted by atomic mass is 16.5. The summed E-state index contributed by atoms with van der Waals surface area (Å²) in [6.07, 6.45) is 5.79. The number of para-hydroxylation sites is 1. The Kier molecular flexibility index (Phi) is 4.76. The molecule has 0 N–H and O–H groups in total. The van der Waals surface area contributed by atoms with Gasteiger partial charge in [-0.05, 0) is 36.1 Å². The van der Waals surface area contributed by atoms with Crippen molar-refractivity contribution in [3.05, 3.63) is 59.4 Å². The molecule has 4 heterocycles. The van der Waals surface area contributed by atoms with Gasteiger partial charge in [-0.25, -0.2) is 0 Å². The molecule has 3 aliphatic heterocycles. The van der Waals surface area contributed by atoms with E-state index in [0.29, 0.717) is 32.7 Å². The van der Waals surface area contributed by atoms with E-state index in [-0.39, 0.29) is 17.6 Å². The lowest BCUT2D eigenvalue weighted by atomic mass is 9.84. The number of benzene rings is 1. The summed E-state index contributed by atoms with van der Waals surface area (Å²) in [5, 5.41) is 0. The predicted molar refractivity (Wildman–Crippen MR) is 107 cm³/mol. The maximum Gasteiger partial charge on any atom is 0.264 e. The summed E-state index contributed by atoms with van der Waals surface area (Å²) in [7, 11) is 0. The van der Waals surface area contributed by atoms with Gasteiger partial charge in [0.25, 0.3) is 5.91 Å². The SMILES string of the molecule is Cc1cncc(CO[C@H]2CCOC3(C2)CN(C(=O)[C@@H]2Cc4ccccc4O2)C3)c1. The van der Waals surface area contributed by atoms with Crippen molar-refractivity contribution in [1.29, 1.82) is 0 Å². The molecule has 1 aromatic heterocycles. The Morgan fingerprint density at radius 1 is 1.31 bits per heavy atom. The minimum atomic E-state index is -0.408. The van der Waals surface area contributed by atoms with Gasteiger partial charge in [-0.3, -0.25) is 9.78 Å². The topological polar surface area (TPSA) is 60.9 Å². The molecule has 2 fully saturated rings. The predicted octanol–water partition coefficient (Wildman–Crippen LogP) is 2.67. The second kappa shape index (κ2) is 7.43. The van der Waals surface area contributed by atoms with Crippen molar-refractivity contribution in [2.75, 3.05) is 19.7 Å². The second-order valence-electron chi connectivity index (χ2n) is 8.44. The van der Waals surface area contributed by atoms with Gasteiger partial charge >= 0.3 is 0 Å². The molecule has 0 saturated carbocycles. The summed E-state index contributed by atoms with van der Waals surface area (Å²) in [4.78, 5) is 18.9. The summed E-state index contributed by atoms with van der Waals surface area (Å²) < 4.78 is 18.1. The molecule has 6 heteroatoms. The van der Waals surface area contributed by atoms with Crippen LogP contribution in [0.4, 0.5) is 0 Å². The van der Waals surface area contributed by atoms with Gasteiger partial charge in [0.15, 0.2) is 6.10 Å². The average molecular weight is 394 g/mol. The number of likely N-dealkylation sites (tertiary alicyclic amines) is 1. The number of nitrogens with zero attached hydrogens (tertiary/aromatic N) is 2. The lowest BCUT2D eigenvalue weighted by Crippen LogP contribution is -2.68. The van der Waals surface area contributed by atoms with E-state index in [0.717, 1.165) is 35.3 Å². The van der Waals surface area contributed by atoms with Crippen LogP contribution in [0.15, 0.2) is 42.7 Å². The number of carbonyl (C=O) groups excluding carboxylic acids is 1. The van der Waals surface area contributed by atoms with Crippen LogP contribution in [0.1, 0.15) is 29.5 Å². The summed E-state index contributed by atoms with van der Waals surface area (Å²) in [5.74, 6) is 0.887. The normalized spacial score (nSPS) is 24.7. The van der Waals surface area contributed by atoms with Crippen molar-refractivity contribution in [2.45, 2.75) is 50.6 Å². The van der Waals surface area contributed by atoms with Crippen LogP contribution in [0.25, 0.3) is 0 Å². The first-order chi connectivity index (χ1) is 14.1. The molecule has 0 radical (unpaired) electrons. The Morgan fingerprint density at radius 3 is 3.00 bits per heavy atom. The highest BCUT2D eigenvalue weighted by molar-refractivity contribution is 5.83. The van der Waals surface area contributed by atoms with Crippen LogP contribution in [-0.2, 0) is 27.3 Å². The molecule has 0 bridgehead atoms. The maximum absolute atomic E-state index is 12.9. The minimum Gasteiger partial charge on any atom is -0.480 e. The first kappa shape index (κ1) is 18.6. The maximum atomic E-state index is 12.9. The largest absolute Gasteiger partial charge is 0.480 e. The number of hydrogen-bond donors (Lipinski definition) is 0. The first-order valence-electron chi connectivity index (χ1n) is 10.3. The van der Waals surface area contributed by atoms with E-state index in [2.05, 4.69) is 11.1 Å². The van der Waals surface area contributed by atoms with Crippen LogP contribution in [-0.4, -0.2) is 53.3 Å². The van der Waals surface area contributed by atoms with Gasteiger partial charge in [0, 0.05) is 31.8 Å². The zero-order valence-electron chi connectivity index (χ0n) is 16.7. The van der Waals surface area contributed by atoms with E-state index in [1.54, 1.807) is 0 Å². The third-order valence-electron chi connectivity index (χ3n) is 6.06. The fourth-order valence-electron chi connectivity index (χ4n) is 4.58. The molecule has 29 heavy (non-hydrogen) atoms. The van der Waals surface area contributed by atoms with Crippen molar-refractivity contribution in [1.82, 2.24) is 9.88 Å². The molecular weight excluding hydrogens is 368 g/mol. The quantitative estimate of drug-likeness (QED) is 0.798. The van der Waals surface area contributed by atoms with Crippen LogP contribution >= 0.6 is 0 Å². The zero-order valence-corrected chi connectivity index (χ0v) is 16.7. The number of aryl methyl sites for hydroxylation is 1. The Morgan fingerprint density at radius 2 is 2.17 bits per heavy atom. The highest BCUT2D eigenvalue weighted by Gasteiger charge is 2.51. The van der Waals surface area contributed by atoms with E-state index in [1.165, 1.54) is 0 Å². The van der Waals surface area contributed by atoms with Gasteiger partial charge in [-0.1, -0.05) is 24.3 Å². The van der Waals surface area contributed by atoms with E-state index >= 15 is 0 Å². The van der Waals surface area contributed by atoms with Crippen LogP contribution < -0.4 is 4.74 Å². The molecule has 1 spiro atoms. The number of amides is 1. The Labute approximate surface area is 170 Å². The van der Waals surface area contributed by atoms with Crippen LogP contribution in [0, 0.1) is 6.92 Å². The molecule has 2 atom stereocenters. The van der Waals surface area contributed by atoms with Gasteiger partial charge < -0.3 is 19.1 Å².